The number of halogens is 2. The molecule has 0 amide bonds. The van der Waals surface area contributed by atoms with Crippen LogP contribution in [-0.4, -0.2) is 6.29 Å². The molecule has 0 N–H and O–H groups in total. The van der Waals surface area contributed by atoms with Crippen LogP contribution in [0.4, 0.5) is 4.39 Å². The number of carbonyl (C=O) groups is 1. The SMILES string of the molecule is O=Cc1ccc(-c2cccc(Cl)c2)cc1F. The van der Waals surface area contributed by atoms with Crippen molar-refractivity contribution in [2.75, 3.05) is 0 Å². The third-order valence-corrected chi connectivity index (χ3v) is 2.52. The van der Waals surface area contributed by atoms with Crippen LogP contribution >= 0.6 is 11.6 Å². The van der Waals surface area contributed by atoms with Gasteiger partial charge in [-0.3, -0.25) is 4.79 Å². The summed E-state index contributed by atoms with van der Waals surface area (Å²) in [5.41, 5.74) is 1.58. The predicted molar refractivity (Wildman–Crippen MR) is 62.2 cm³/mol. The molecule has 0 unspecified atom stereocenters. The molecule has 1 nitrogen and oxygen atoms in total. The standard InChI is InChI=1S/C13H8ClFO/c14-12-3-1-2-9(6-12)10-4-5-11(8-16)13(15)7-10/h1-8H. The van der Waals surface area contributed by atoms with Crippen LogP contribution in [0.5, 0.6) is 0 Å². The molecule has 0 atom stereocenters. The Balaban J connectivity index is 2.49. The van der Waals surface area contributed by atoms with Gasteiger partial charge in [-0.2, -0.15) is 0 Å². The molecule has 0 aliphatic rings. The van der Waals surface area contributed by atoms with E-state index >= 15 is 0 Å². The first kappa shape index (κ1) is 10.8. The highest BCUT2D eigenvalue weighted by atomic mass is 35.5. The molecule has 0 heterocycles. The zero-order valence-corrected chi connectivity index (χ0v) is 9.04. The molecular formula is C13H8ClFO. The largest absolute Gasteiger partial charge is 0.298 e. The van der Waals surface area contributed by atoms with Crippen LogP contribution in [0.1, 0.15) is 10.4 Å². The van der Waals surface area contributed by atoms with Gasteiger partial charge in [-0.1, -0.05) is 29.8 Å². The molecule has 3 heteroatoms. The minimum absolute atomic E-state index is 0.0609. The Morgan fingerprint density at radius 2 is 1.81 bits per heavy atom. The first-order chi connectivity index (χ1) is 7.70. The summed E-state index contributed by atoms with van der Waals surface area (Å²) in [6.07, 6.45) is 0.497. The Kier molecular flexibility index (Phi) is 3.02. The predicted octanol–water partition coefficient (Wildman–Crippen LogP) is 3.96. The molecule has 16 heavy (non-hydrogen) atoms. The summed E-state index contributed by atoms with van der Waals surface area (Å²) < 4.78 is 13.4. The van der Waals surface area contributed by atoms with Gasteiger partial charge < -0.3 is 0 Å². The quantitative estimate of drug-likeness (QED) is 0.719. The van der Waals surface area contributed by atoms with Crippen molar-refractivity contribution in [3.05, 3.63) is 58.9 Å². The Labute approximate surface area is 97.5 Å². The van der Waals surface area contributed by atoms with Gasteiger partial charge in [0.15, 0.2) is 6.29 Å². The van der Waals surface area contributed by atoms with E-state index in [2.05, 4.69) is 0 Å². The van der Waals surface area contributed by atoms with E-state index in [0.29, 0.717) is 16.9 Å². The number of rotatable bonds is 2. The van der Waals surface area contributed by atoms with Crippen LogP contribution in [0.3, 0.4) is 0 Å². The Morgan fingerprint density at radius 3 is 2.44 bits per heavy atom. The van der Waals surface area contributed by atoms with Crippen LogP contribution in [0.2, 0.25) is 5.02 Å². The van der Waals surface area contributed by atoms with Gasteiger partial charge in [0.1, 0.15) is 5.82 Å². The summed E-state index contributed by atoms with van der Waals surface area (Å²) in [6, 6.07) is 11.6. The fourth-order valence-corrected chi connectivity index (χ4v) is 1.66. The Hall–Kier alpha value is -1.67. The van der Waals surface area contributed by atoms with Crippen LogP contribution in [0, 0.1) is 5.82 Å². The monoisotopic (exact) mass is 234 g/mol. The van der Waals surface area contributed by atoms with Gasteiger partial charge in [0.05, 0.1) is 5.56 Å². The second-order valence-electron chi connectivity index (χ2n) is 3.36. The van der Waals surface area contributed by atoms with E-state index in [9.17, 15) is 9.18 Å². The fraction of sp³-hybridized carbons (Fsp3) is 0. The molecule has 0 aliphatic heterocycles. The molecule has 0 radical (unpaired) electrons. The lowest BCUT2D eigenvalue weighted by atomic mass is 10.0. The van der Waals surface area contributed by atoms with Crippen molar-refractivity contribution in [3.63, 3.8) is 0 Å². The van der Waals surface area contributed by atoms with E-state index in [0.717, 1.165) is 5.56 Å². The first-order valence-electron chi connectivity index (χ1n) is 4.71. The third kappa shape index (κ3) is 2.12. The average Bonchev–Trinajstić information content (AvgIpc) is 2.29. The maximum Gasteiger partial charge on any atom is 0.152 e. The lowest BCUT2D eigenvalue weighted by molar-refractivity contribution is 0.112. The molecule has 80 valence electrons. The Morgan fingerprint density at radius 1 is 1.06 bits per heavy atom. The van der Waals surface area contributed by atoms with Crippen LogP contribution in [0.25, 0.3) is 11.1 Å². The van der Waals surface area contributed by atoms with Crippen molar-refractivity contribution in [1.29, 1.82) is 0 Å². The van der Waals surface area contributed by atoms with Crippen molar-refractivity contribution in [1.82, 2.24) is 0 Å². The molecule has 0 saturated carbocycles. The lowest BCUT2D eigenvalue weighted by Crippen LogP contribution is -1.88. The average molecular weight is 235 g/mol. The Bertz CT molecular complexity index is 537. The molecule has 0 saturated heterocycles. The maximum absolute atomic E-state index is 13.4. The van der Waals surface area contributed by atoms with E-state index in [1.165, 1.54) is 12.1 Å². The molecule has 2 aromatic carbocycles. The molecule has 0 aromatic heterocycles. The molecule has 2 aromatic rings. The number of aldehydes is 1. The van der Waals surface area contributed by atoms with Gasteiger partial charge in [0.2, 0.25) is 0 Å². The molecule has 0 bridgehead atoms. The normalized spacial score (nSPS) is 10.1. The third-order valence-electron chi connectivity index (χ3n) is 2.29. The fourth-order valence-electron chi connectivity index (χ4n) is 1.47. The minimum Gasteiger partial charge on any atom is -0.298 e. The van der Waals surface area contributed by atoms with Crippen molar-refractivity contribution in [2.45, 2.75) is 0 Å². The number of hydrogen-bond acceptors (Lipinski definition) is 1. The zero-order valence-electron chi connectivity index (χ0n) is 8.28. The molecule has 0 aliphatic carbocycles. The number of benzene rings is 2. The van der Waals surface area contributed by atoms with Crippen LogP contribution < -0.4 is 0 Å². The molecule has 2 rings (SSSR count). The van der Waals surface area contributed by atoms with E-state index in [1.54, 1.807) is 24.3 Å². The van der Waals surface area contributed by atoms with Crippen LogP contribution in [0.15, 0.2) is 42.5 Å². The maximum atomic E-state index is 13.4. The van der Waals surface area contributed by atoms with Gasteiger partial charge >= 0.3 is 0 Å². The number of carbonyl (C=O) groups excluding carboxylic acids is 1. The van der Waals surface area contributed by atoms with E-state index in [4.69, 9.17) is 11.6 Å². The summed E-state index contributed by atoms with van der Waals surface area (Å²) in [5, 5.41) is 0.595. The molecule has 0 fully saturated rings. The summed E-state index contributed by atoms with van der Waals surface area (Å²) in [5.74, 6) is -0.521. The topological polar surface area (TPSA) is 17.1 Å². The van der Waals surface area contributed by atoms with Crippen molar-refractivity contribution < 1.29 is 9.18 Å². The summed E-state index contributed by atoms with van der Waals surface area (Å²) in [7, 11) is 0. The van der Waals surface area contributed by atoms with E-state index in [1.807, 2.05) is 6.07 Å². The van der Waals surface area contributed by atoms with Gasteiger partial charge in [-0.05, 0) is 35.4 Å². The van der Waals surface area contributed by atoms with Gasteiger partial charge in [-0.15, -0.1) is 0 Å². The van der Waals surface area contributed by atoms with Gasteiger partial charge in [0.25, 0.3) is 0 Å². The second kappa shape index (κ2) is 4.45. The van der Waals surface area contributed by atoms with Crippen molar-refractivity contribution in [3.8, 4) is 11.1 Å². The first-order valence-corrected chi connectivity index (χ1v) is 5.09. The summed E-state index contributed by atoms with van der Waals surface area (Å²) in [4.78, 5) is 10.5. The van der Waals surface area contributed by atoms with E-state index in [-0.39, 0.29) is 5.56 Å². The minimum atomic E-state index is -0.521. The summed E-state index contributed by atoms with van der Waals surface area (Å²) >= 11 is 5.84. The molecular weight excluding hydrogens is 227 g/mol. The second-order valence-corrected chi connectivity index (χ2v) is 3.80. The highest BCUT2D eigenvalue weighted by Crippen LogP contribution is 2.24. The lowest BCUT2D eigenvalue weighted by Gasteiger charge is -2.03. The van der Waals surface area contributed by atoms with Crippen molar-refractivity contribution in [2.24, 2.45) is 0 Å². The smallest absolute Gasteiger partial charge is 0.152 e. The van der Waals surface area contributed by atoms with Gasteiger partial charge in [0, 0.05) is 5.02 Å². The molecule has 0 spiro atoms. The number of hydrogen-bond donors (Lipinski definition) is 0. The van der Waals surface area contributed by atoms with E-state index < -0.39 is 5.82 Å². The van der Waals surface area contributed by atoms with Crippen molar-refractivity contribution >= 4 is 17.9 Å². The zero-order chi connectivity index (χ0) is 11.5. The van der Waals surface area contributed by atoms with Gasteiger partial charge in [-0.25, -0.2) is 4.39 Å². The highest BCUT2D eigenvalue weighted by Gasteiger charge is 2.04. The summed E-state index contributed by atoms with van der Waals surface area (Å²) in [6.45, 7) is 0. The van der Waals surface area contributed by atoms with Crippen LogP contribution in [-0.2, 0) is 0 Å². The highest BCUT2D eigenvalue weighted by molar-refractivity contribution is 6.30.